The summed E-state index contributed by atoms with van der Waals surface area (Å²) in [6.07, 6.45) is 15.7. The smallest absolute Gasteiger partial charge is 0.0411 e. The maximum Gasteiger partial charge on any atom is 0.0411 e. The molecule has 2 aromatic rings. The molecule has 0 amide bonds. The van der Waals surface area contributed by atoms with Crippen molar-refractivity contribution in [1.29, 1.82) is 0 Å². The fraction of sp³-hybridized carbons (Fsp3) is 0.125. The molecule has 2 rings (SSSR count). The molecule has 0 N–H and O–H groups in total. The molecular formula is C32H37NS3. The predicted molar refractivity (Wildman–Crippen MR) is 175 cm³/mol. The molecule has 0 saturated carbocycles. The fourth-order valence-corrected chi connectivity index (χ4v) is 4.42. The first kappa shape index (κ1) is 31.2. The molecule has 0 heterocycles. The van der Waals surface area contributed by atoms with Gasteiger partial charge in [0.1, 0.15) is 0 Å². The summed E-state index contributed by atoms with van der Waals surface area (Å²) in [7, 11) is 0. The van der Waals surface area contributed by atoms with E-state index in [1.54, 1.807) is 30.0 Å². The number of benzene rings is 2. The number of hydrogen-bond acceptors (Lipinski definition) is 4. The fourth-order valence-electron chi connectivity index (χ4n) is 3.16. The third kappa shape index (κ3) is 10.4. The highest BCUT2D eigenvalue weighted by atomic mass is 32.2. The van der Waals surface area contributed by atoms with Gasteiger partial charge in [0.25, 0.3) is 0 Å². The van der Waals surface area contributed by atoms with E-state index in [1.165, 1.54) is 4.91 Å². The van der Waals surface area contributed by atoms with Crippen molar-refractivity contribution in [3.63, 3.8) is 0 Å². The Balaban J connectivity index is 0.00000316. The van der Waals surface area contributed by atoms with Gasteiger partial charge in [-0.2, -0.15) is 0 Å². The molecule has 0 bridgehead atoms. The Kier molecular flexibility index (Phi) is 16.0. The van der Waals surface area contributed by atoms with E-state index < -0.39 is 0 Å². The lowest BCUT2D eigenvalue weighted by Gasteiger charge is -2.26. The van der Waals surface area contributed by atoms with Crippen molar-refractivity contribution in [3.8, 4) is 0 Å². The summed E-state index contributed by atoms with van der Waals surface area (Å²) in [5.74, 6) is 0. The van der Waals surface area contributed by atoms with Crippen LogP contribution in [-0.2, 0) is 0 Å². The molecule has 0 spiro atoms. The van der Waals surface area contributed by atoms with Crippen molar-refractivity contribution in [3.05, 3.63) is 145 Å². The van der Waals surface area contributed by atoms with Crippen LogP contribution in [0.2, 0.25) is 0 Å². The van der Waals surface area contributed by atoms with Gasteiger partial charge in [-0.15, -0.1) is 37.0 Å². The first-order chi connectivity index (χ1) is 17.5. The number of hydrogen-bond donors (Lipinski definition) is 2. The Bertz CT molecular complexity index is 1030. The molecule has 1 nitrogen and oxygen atoms in total. The molecule has 0 aliphatic rings. The largest absolute Gasteiger partial charge is 0.341 e. The van der Waals surface area contributed by atoms with Gasteiger partial charge in [-0.1, -0.05) is 101 Å². The predicted octanol–water partition coefficient (Wildman–Crippen LogP) is 10.7. The van der Waals surface area contributed by atoms with E-state index in [2.05, 4.69) is 111 Å². The summed E-state index contributed by atoms with van der Waals surface area (Å²) in [5, 5.41) is 2.04. The van der Waals surface area contributed by atoms with Gasteiger partial charge < -0.3 is 4.90 Å². The summed E-state index contributed by atoms with van der Waals surface area (Å²) in [4.78, 5) is 5.31. The highest BCUT2D eigenvalue weighted by molar-refractivity contribution is 8.05. The van der Waals surface area contributed by atoms with Gasteiger partial charge in [-0.3, -0.25) is 0 Å². The second-order valence-corrected chi connectivity index (χ2v) is 9.12. The van der Waals surface area contributed by atoms with Crippen molar-refractivity contribution in [2.24, 2.45) is 0 Å². The summed E-state index contributed by atoms with van der Waals surface area (Å²) < 4.78 is 0. The third-order valence-corrected chi connectivity index (χ3v) is 6.57. The van der Waals surface area contributed by atoms with Crippen LogP contribution < -0.4 is 4.90 Å². The number of thioether (sulfide) groups is 1. The topological polar surface area (TPSA) is 3.24 Å². The van der Waals surface area contributed by atoms with Crippen LogP contribution in [0.5, 0.6) is 0 Å². The Morgan fingerprint density at radius 3 is 1.56 bits per heavy atom. The van der Waals surface area contributed by atoms with Crippen molar-refractivity contribution < 1.29 is 0 Å². The highest BCUT2D eigenvalue weighted by Crippen LogP contribution is 2.31. The van der Waals surface area contributed by atoms with E-state index in [1.807, 2.05) is 43.6 Å². The molecule has 0 aromatic heterocycles. The van der Waals surface area contributed by atoms with Crippen LogP contribution in [0.4, 0.5) is 11.4 Å². The SMILES string of the molecule is C=C/C=C\S/C(=C/C=C)CCN(c1ccc(/C(S)=C/C=C)cc1)c1ccc(/C(S)=C/C=C)cc1.CC. The van der Waals surface area contributed by atoms with E-state index in [9.17, 15) is 0 Å². The summed E-state index contributed by atoms with van der Waals surface area (Å²) >= 11 is 10.8. The Hall–Kier alpha value is -2.79. The van der Waals surface area contributed by atoms with E-state index in [4.69, 9.17) is 0 Å². The minimum Gasteiger partial charge on any atom is -0.341 e. The van der Waals surface area contributed by atoms with Gasteiger partial charge >= 0.3 is 0 Å². The minimum atomic E-state index is 0.805. The Morgan fingerprint density at radius 1 is 0.722 bits per heavy atom. The van der Waals surface area contributed by atoms with Gasteiger partial charge in [-0.25, -0.2) is 0 Å². The lowest BCUT2D eigenvalue weighted by Crippen LogP contribution is -2.18. The molecule has 0 aliphatic carbocycles. The zero-order valence-electron chi connectivity index (χ0n) is 21.3. The Morgan fingerprint density at radius 2 is 1.17 bits per heavy atom. The molecule has 2 aromatic carbocycles. The zero-order valence-corrected chi connectivity index (χ0v) is 23.9. The number of rotatable bonds is 13. The maximum absolute atomic E-state index is 4.56. The molecule has 0 radical (unpaired) electrons. The van der Waals surface area contributed by atoms with Gasteiger partial charge in [0, 0.05) is 27.7 Å². The first-order valence-corrected chi connectivity index (χ1v) is 13.6. The molecule has 0 saturated heterocycles. The summed E-state index contributed by atoms with van der Waals surface area (Å²) in [6.45, 7) is 19.9. The Labute approximate surface area is 233 Å². The number of nitrogens with zero attached hydrogens (tertiary/aromatic N) is 1. The van der Waals surface area contributed by atoms with E-state index >= 15 is 0 Å². The van der Waals surface area contributed by atoms with Crippen LogP contribution in [0.25, 0.3) is 9.81 Å². The molecule has 188 valence electrons. The lowest BCUT2D eigenvalue weighted by atomic mass is 10.1. The third-order valence-electron chi connectivity index (χ3n) is 4.82. The van der Waals surface area contributed by atoms with Crippen LogP contribution in [0.1, 0.15) is 31.4 Å². The van der Waals surface area contributed by atoms with Crippen LogP contribution in [-0.4, -0.2) is 6.54 Å². The van der Waals surface area contributed by atoms with Crippen LogP contribution in [0.3, 0.4) is 0 Å². The first-order valence-electron chi connectivity index (χ1n) is 11.8. The van der Waals surface area contributed by atoms with Crippen molar-refractivity contribution in [1.82, 2.24) is 0 Å². The molecule has 0 fully saturated rings. The van der Waals surface area contributed by atoms with Gasteiger partial charge in [0.15, 0.2) is 0 Å². The quantitative estimate of drug-likeness (QED) is 0.195. The molecule has 36 heavy (non-hydrogen) atoms. The normalized spacial score (nSPS) is 11.9. The summed E-state index contributed by atoms with van der Waals surface area (Å²) in [6, 6.07) is 16.8. The summed E-state index contributed by atoms with van der Waals surface area (Å²) in [5.41, 5.74) is 4.31. The second kappa shape index (κ2) is 18.5. The average molecular weight is 532 g/mol. The van der Waals surface area contributed by atoms with Crippen molar-refractivity contribution in [2.75, 3.05) is 11.4 Å². The second-order valence-electron chi connectivity index (χ2n) is 7.12. The molecule has 0 unspecified atom stereocenters. The number of allylic oxidation sites excluding steroid dienone is 8. The molecule has 0 aliphatic heterocycles. The number of thiol groups is 2. The molecular weight excluding hydrogens is 495 g/mol. The highest BCUT2D eigenvalue weighted by Gasteiger charge is 2.12. The van der Waals surface area contributed by atoms with Crippen LogP contribution in [0, 0.1) is 0 Å². The maximum atomic E-state index is 4.56. The average Bonchev–Trinajstić information content (AvgIpc) is 2.91. The zero-order chi connectivity index (χ0) is 26.8. The number of anilines is 2. The minimum absolute atomic E-state index is 0.805. The van der Waals surface area contributed by atoms with E-state index in [-0.39, 0.29) is 0 Å². The van der Waals surface area contributed by atoms with Crippen LogP contribution >= 0.6 is 37.0 Å². The molecule has 0 atom stereocenters. The van der Waals surface area contributed by atoms with Crippen LogP contribution in [0.15, 0.2) is 134 Å². The van der Waals surface area contributed by atoms with Crippen molar-refractivity contribution in [2.45, 2.75) is 20.3 Å². The van der Waals surface area contributed by atoms with E-state index in [0.29, 0.717) is 0 Å². The monoisotopic (exact) mass is 531 g/mol. The standard InChI is InChI=1S/C30H31NS3.C2H6/c1-5-9-23-34-28(10-6-2)21-22-31(26-17-13-24(14-18-26)29(32)11-7-3)27-19-15-25(16-20-27)30(33)12-8-4;1-2/h5-20,23,32-33H,1-4,21-22H2;1-2H3/b23-9-,28-10+,29-11-,30-12-;. The van der Waals surface area contributed by atoms with E-state index in [0.717, 1.165) is 45.3 Å². The lowest BCUT2D eigenvalue weighted by molar-refractivity contribution is 0.933. The van der Waals surface area contributed by atoms with Gasteiger partial charge in [0.05, 0.1) is 0 Å². The van der Waals surface area contributed by atoms with Crippen molar-refractivity contribution >= 4 is 58.2 Å². The molecule has 4 heteroatoms. The van der Waals surface area contributed by atoms with Gasteiger partial charge in [-0.05, 0) is 64.3 Å². The van der Waals surface area contributed by atoms with Gasteiger partial charge in [0.2, 0.25) is 0 Å².